The van der Waals surface area contributed by atoms with E-state index in [0.717, 1.165) is 33.3 Å². The Bertz CT molecular complexity index is 1060. The number of thiophene rings is 1. The molecule has 1 aromatic heterocycles. The first kappa shape index (κ1) is 21.2. The molecule has 7 heteroatoms. The number of carbonyl (C=O) groups is 1. The molecule has 2 heterocycles. The lowest BCUT2D eigenvalue weighted by molar-refractivity contribution is 0.0945. The summed E-state index contributed by atoms with van der Waals surface area (Å²) in [6.07, 6.45) is 0. The molecule has 1 unspecified atom stereocenters. The summed E-state index contributed by atoms with van der Waals surface area (Å²) in [5.74, 6) is 2.23. The van der Waals surface area contributed by atoms with Crippen LogP contribution in [0, 0.1) is 0 Å². The third kappa shape index (κ3) is 4.68. The fourth-order valence-electron chi connectivity index (χ4n) is 3.60. The SMILES string of the molecule is COc1ccccc1C(CNC(=O)c1ccc(-c2ccc3c(c2)OCCO3)s1)N(C)C. The molecular formula is C24H26N2O4S. The molecule has 0 saturated heterocycles. The summed E-state index contributed by atoms with van der Waals surface area (Å²) in [4.78, 5) is 16.6. The first-order valence-electron chi connectivity index (χ1n) is 10.1. The summed E-state index contributed by atoms with van der Waals surface area (Å²) >= 11 is 1.46. The van der Waals surface area contributed by atoms with Gasteiger partial charge in [0, 0.05) is 17.0 Å². The highest BCUT2D eigenvalue weighted by Crippen LogP contribution is 2.37. The Morgan fingerprint density at radius 2 is 1.87 bits per heavy atom. The number of methoxy groups -OCH3 is 1. The van der Waals surface area contributed by atoms with Gasteiger partial charge in [-0.1, -0.05) is 18.2 Å². The van der Waals surface area contributed by atoms with Gasteiger partial charge in [-0.2, -0.15) is 0 Å². The van der Waals surface area contributed by atoms with Gasteiger partial charge in [-0.05, 0) is 56.1 Å². The molecule has 0 radical (unpaired) electrons. The minimum absolute atomic E-state index is 0.00247. The van der Waals surface area contributed by atoms with Crippen LogP contribution < -0.4 is 19.5 Å². The monoisotopic (exact) mass is 438 g/mol. The number of nitrogens with one attached hydrogen (secondary N) is 1. The minimum atomic E-state index is -0.0875. The van der Waals surface area contributed by atoms with E-state index in [1.54, 1.807) is 7.11 Å². The van der Waals surface area contributed by atoms with Crippen molar-refractivity contribution in [3.05, 3.63) is 65.0 Å². The molecule has 6 nitrogen and oxygen atoms in total. The summed E-state index contributed by atoms with van der Waals surface area (Å²) in [6, 6.07) is 17.6. The molecule has 1 N–H and O–H groups in total. The van der Waals surface area contributed by atoms with Crippen molar-refractivity contribution in [3.63, 3.8) is 0 Å². The number of benzene rings is 2. The second kappa shape index (κ2) is 9.41. The Labute approximate surface area is 186 Å². The van der Waals surface area contributed by atoms with Crippen LogP contribution in [0.1, 0.15) is 21.3 Å². The summed E-state index contributed by atoms with van der Waals surface area (Å²) in [7, 11) is 5.65. The third-order valence-electron chi connectivity index (χ3n) is 5.23. The minimum Gasteiger partial charge on any atom is -0.496 e. The molecule has 1 atom stereocenters. The van der Waals surface area contributed by atoms with E-state index in [-0.39, 0.29) is 11.9 Å². The van der Waals surface area contributed by atoms with Gasteiger partial charge < -0.3 is 24.4 Å². The smallest absolute Gasteiger partial charge is 0.261 e. The Hall–Kier alpha value is -3.03. The fourth-order valence-corrected chi connectivity index (χ4v) is 4.52. The summed E-state index contributed by atoms with van der Waals surface area (Å²) in [6.45, 7) is 1.59. The van der Waals surface area contributed by atoms with Crippen LogP contribution in [0.2, 0.25) is 0 Å². The summed E-state index contributed by atoms with van der Waals surface area (Å²) in [5, 5.41) is 3.07. The quantitative estimate of drug-likeness (QED) is 0.598. The average molecular weight is 439 g/mol. The van der Waals surface area contributed by atoms with Crippen molar-refractivity contribution < 1.29 is 19.0 Å². The third-order valence-corrected chi connectivity index (χ3v) is 6.37. The molecule has 31 heavy (non-hydrogen) atoms. The molecule has 162 valence electrons. The lowest BCUT2D eigenvalue weighted by Crippen LogP contribution is -2.34. The van der Waals surface area contributed by atoms with Crippen molar-refractivity contribution in [3.8, 4) is 27.7 Å². The second-order valence-electron chi connectivity index (χ2n) is 7.45. The molecule has 4 rings (SSSR count). The first-order valence-corrected chi connectivity index (χ1v) is 11.0. The van der Waals surface area contributed by atoms with E-state index in [2.05, 4.69) is 10.2 Å². The normalized spacial score (nSPS) is 13.7. The predicted molar refractivity (Wildman–Crippen MR) is 123 cm³/mol. The number of hydrogen-bond donors (Lipinski definition) is 1. The Balaban J connectivity index is 1.46. The molecule has 2 aromatic carbocycles. The molecule has 0 fully saturated rings. The number of ether oxygens (including phenoxy) is 3. The van der Waals surface area contributed by atoms with Gasteiger partial charge in [-0.3, -0.25) is 4.79 Å². The van der Waals surface area contributed by atoms with Gasteiger partial charge in [0.05, 0.1) is 18.0 Å². The number of likely N-dealkylation sites (N-methyl/N-ethyl adjacent to an activating group) is 1. The van der Waals surface area contributed by atoms with Gasteiger partial charge in [-0.15, -0.1) is 11.3 Å². The number of fused-ring (bicyclic) bond motifs is 1. The van der Waals surface area contributed by atoms with Gasteiger partial charge in [-0.25, -0.2) is 0 Å². The van der Waals surface area contributed by atoms with Gasteiger partial charge in [0.1, 0.15) is 19.0 Å². The van der Waals surface area contributed by atoms with Crippen molar-refractivity contribution in [2.75, 3.05) is 41.0 Å². The van der Waals surface area contributed by atoms with E-state index in [1.165, 1.54) is 11.3 Å². The van der Waals surface area contributed by atoms with E-state index in [4.69, 9.17) is 14.2 Å². The maximum atomic E-state index is 12.8. The van der Waals surface area contributed by atoms with Gasteiger partial charge in [0.25, 0.3) is 5.91 Å². The van der Waals surface area contributed by atoms with E-state index in [1.807, 2.05) is 68.7 Å². The molecule has 3 aromatic rings. The summed E-state index contributed by atoms with van der Waals surface area (Å²) < 4.78 is 16.8. The molecule has 1 amide bonds. The highest BCUT2D eigenvalue weighted by Gasteiger charge is 2.20. The molecule has 1 aliphatic rings. The molecule has 0 spiro atoms. The number of hydrogen-bond acceptors (Lipinski definition) is 6. The van der Waals surface area contributed by atoms with E-state index >= 15 is 0 Å². The van der Waals surface area contributed by atoms with E-state index in [0.29, 0.717) is 24.6 Å². The first-order chi connectivity index (χ1) is 15.1. The lowest BCUT2D eigenvalue weighted by Gasteiger charge is -2.26. The molecule has 0 aliphatic carbocycles. The van der Waals surface area contributed by atoms with E-state index in [9.17, 15) is 4.79 Å². The van der Waals surface area contributed by atoms with Crippen LogP contribution in [0.25, 0.3) is 10.4 Å². The highest BCUT2D eigenvalue weighted by molar-refractivity contribution is 7.17. The summed E-state index contributed by atoms with van der Waals surface area (Å²) in [5.41, 5.74) is 2.05. The average Bonchev–Trinajstić information content (AvgIpc) is 3.29. The van der Waals surface area contributed by atoms with Crippen LogP contribution in [-0.2, 0) is 0 Å². The number of rotatable bonds is 7. The van der Waals surface area contributed by atoms with Gasteiger partial charge in [0.2, 0.25) is 0 Å². The maximum absolute atomic E-state index is 12.8. The zero-order chi connectivity index (χ0) is 21.8. The number of amides is 1. The number of para-hydroxylation sites is 1. The van der Waals surface area contributed by atoms with Crippen molar-refractivity contribution in [2.45, 2.75) is 6.04 Å². The molecule has 0 saturated carbocycles. The second-order valence-corrected chi connectivity index (χ2v) is 8.54. The Kier molecular flexibility index (Phi) is 6.44. The van der Waals surface area contributed by atoms with Crippen LogP contribution in [0.5, 0.6) is 17.2 Å². The fraction of sp³-hybridized carbons (Fsp3) is 0.292. The van der Waals surface area contributed by atoms with Crippen molar-refractivity contribution >= 4 is 17.2 Å². The number of carbonyl (C=O) groups excluding carboxylic acids is 1. The topological polar surface area (TPSA) is 60.0 Å². The van der Waals surface area contributed by atoms with Crippen LogP contribution in [-0.4, -0.2) is 51.8 Å². The predicted octanol–water partition coefficient (Wildman–Crippen LogP) is 4.23. The van der Waals surface area contributed by atoms with Gasteiger partial charge in [0.15, 0.2) is 11.5 Å². The van der Waals surface area contributed by atoms with Crippen LogP contribution >= 0.6 is 11.3 Å². The van der Waals surface area contributed by atoms with Crippen molar-refractivity contribution in [2.24, 2.45) is 0 Å². The van der Waals surface area contributed by atoms with Crippen LogP contribution in [0.15, 0.2) is 54.6 Å². The molecule has 1 aliphatic heterocycles. The number of nitrogens with zero attached hydrogens (tertiary/aromatic N) is 1. The lowest BCUT2D eigenvalue weighted by atomic mass is 10.0. The zero-order valence-corrected chi connectivity index (χ0v) is 18.7. The Morgan fingerprint density at radius 3 is 2.65 bits per heavy atom. The molecular weight excluding hydrogens is 412 g/mol. The Morgan fingerprint density at radius 1 is 1.10 bits per heavy atom. The van der Waals surface area contributed by atoms with Crippen LogP contribution in [0.4, 0.5) is 0 Å². The van der Waals surface area contributed by atoms with Crippen molar-refractivity contribution in [1.29, 1.82) is 0 Å². The molecule has 0 bridgehead atoms. The maximum Gasteiger partial charge on any atom is 0.261 e. The van der Waals surface area contributed by atoms with Gasteiger partial charge >= 0.3 is 0 Å². The largest absolute Gasteiger partial charge is 0.496 e. The standard InChI is InChI=1S/C24H26N2O4S/c1-26(2)18(17-6-4-5-7-19(17)28-3)15-25-24(27)23-11-10-22(31-23)16-8-9-20-21(14-16)30-13-12-29-20/h4-11,14,18H,12-13,15H2,1-3H3,(H,25,27). The zero-order valence-electron chi connectivity index (χ0n) is 17.9. The van der Waals surface area contributed by atoms with Crippen molar-refractivity contribution in [1.82, 2.24) is 10.2 Å². The van der Waals surface area contributed by atoms with Crippen LogP contribution in [0.3, 0.4) is 0 Å². The van der Waals surface area contributed by atoms with E-state index < -0.39 is 0 Å². The highest BCUT2D eigenvalue weighted by atomic mass is 32.1.